The molecule has 0 unspecified atom stereocenters. The highest BCUT2D eigenvalue weighted by Crippen LogP contribution is 2.26. The number of hydrogen-bond acceptors (Lipinski definition) is 8. The molecule has 5 rings (SSSR count). The van der Waals surface area contributed by atoms with E-state index in [9.17, 15) is 14.7 Å². The molecule has 0 radical (unpaired) electrons. The van der Waals surface area contributed by atoms with E-state index < -0.39 is 29.9 Å². The number of nitrogens with two attached hydrogens (primary N) is 3. The second-order valence-corrected chi connectivity index (χ2v) is 12.5. The SMILES string of the molecule is Cc1cc(O)cc(C)c1CC[C@H](NC(=O)[C@H](N)CCCN=C(N)N)C(=O)N[C@@H](Cc1c[nH]c2ccccc12)c1nc(Cc2ccccc2)no1. The summed E-state index contributed by atoms with van der Waals surface area (Å²) in [6, 6.07) is 18.5. The van der Waals surface area contributed by atoms with Gasteiger partial charge < -0.3 is 42.4 Å². The Morgan fingerprint density at radius 2 is 1.70 bits per heavy atom. The first-order chi connectivity index (χ1) is 24.1. The molecule has 0 saturated heterocycles. The second-order valence-electron chi connectivity index (χ2n) is 12.5. The van der Waals surface area contributed by atoms with Crippen molar-refractivity contribution in [2.24, 2.45) is 22.2 Å². The molecule has 3 atom stereocenters. The number of carbonyl (C=O) groups is 2. The number of aromatic hydroxyl groups is 1. The lowest BCUT2D eigenvalue weighted by Crippen LogP contribution is -2.52. The van der Waals surface area contributed by atoms with Crippen LogP contribution in [0.15, 0.2) is 82.4 Å². The number of carbonyl (C=O) groups excluding carboxylic acids is 2. The van der Waals surface area contributed by atoms with E-state index in [1.54, 1.807) is 12.1 Å². The molecule has 0 aliphatic rings. The lowest BCUT2D eigenvalue weighted by molar-refractivity contribution is -0.130. The van der Waals surface area contributed by atoms with E-state index in [0.717, 1.165) is 38.7 Å². The van der Waals surface area contributed by atoms with Crippen molar-refractivity contribution < 1.29 is 19.2 Å². The highest BCUT2D eigenvalue weighted by atomic mass is 16.5. The number of rotatable bonds is 16. The van der Waals surface area contributed by atoms with Gasteiger partial charge in [-0.1, -0.05) is 53.7 Å². The van der Waals surface area contributed by atoms with E-state index in [4.69, 9.17) is 21.7 Å². The molecule has 0 aliphatic carbocycles. The normalized spacial score (nSPS) is 13.0. The van der Waals surface area contributed by atoms with Gasteiger partial charge in [-0.2, -0.15) is 4.98 Å². The molecule has 0 saturated carbocycles. The van der Waals surface area contributed by atoms with Crippen LogP contribution in [0.3, 0.4) is 0 Å². The van der Waals surface area contributed by atoms with Gasteiger partial charge in [0.25, 0.3) is 0 Å². The zero-order valence-electron chi connectivity index (χ0n) is 28.4. The van der Waals surface area contributed by atoms with E-state index in [1.807, 2.05) is 74.6 Å². The third-order valence-corrected chi connectivity index (χ3v) is 8.70. The first kappa shape index (κ1) is 35.6. The third kappa shape index (κ3) is 9.47. The number of H-pyrrole nitrogens is 1. The number of para-hydroxylation sites is 1. The summed E-state index contributed by atoms with van der Waals surface area (Å²) in [5.74, 6) is -0.0158. The number of aromatic amines is 1. The van der Waals surface area contributed by atoms with Crippen molar-refractivity contribution in [3.05, 3.63) is 112 Å². The minimum Gasteiger partial charge on any atom is -0.508 e. The highest BCUT2D eigenvalue weighted by Gasteiger charge is 2.29. The summed E-state index contributed by atoms with van der Waals surface area (Å²) in [6.07, 6.45) is 4.26. The van der Waals surface area contributed by atoms with Crippen LogP contribution in [0.5, 0.6) is 5.75 Å². The molecule has 0 spiro atoms. The molecule has 50 heavy (non-hydrogen) atoms. The van der Waals surface area contributed by atoms with Gasteiger partial charge in [0, 0.05) is 36.5 Å². The minimum absolute atomic E-state index is 0.0322. The van der Waals surface area contributed by atoms with Gasteiger partial charge in [0.15, 0.2) is 11.8 Å². The fraction of sp³-hybridized carbons (Fsp3) is 0.324. The summed E-state index contributed by atoms with van der Waals surface area (Å²) >= 11 is 0. The Morgan fingerprint density at radius 1 is 0.980 bits per heavy atom. The largest absolute Gasteiger partial charge is 0.508 e. The van der Waals surface area contributed by atoms with Crippen LogP contribution in [0.25, 0.3) is 10.9 Å². The van der Waals surface area contributed by atoms with Gasteiger partial charge in [0.1, 0.15) is 17.8 Å². The summed E-state index contributed by atoms with van der Waals surface area (Å²) in [6.45, 7) is 4.14. The van der Waals surface area contributed by atoms with Crippen LogP contribution in [0.2, 0.25) is 0 Å². The van der Waals surface area contributed by atoms with Crippen molar-refractivity contribution in [3.8, 4) is 5.75 Å². The maximum absolute atomic E-state index is 14.2. The third-order valence-electron chi connectivity index (χ3n) is 8.70. The number of phenolic OH excluding ortho intramolecular Hbond substituents is 1. The van der Waals surface area contributed by atoms with Gasteiger partial charge in [-0.25, -0.2) is 0 Å². The zero-order valence-corrected chi connectivity index (χ0v) is 28.4. The molecule has 0 fully saturated rings. The Kier molecular flexibility index (Phi) is 11.8. The Morgan fingerprint density at radius 3 is 2.44 bits per heavy atom. The fourth-order valence-electron chi connectivity index (χ4n) is 6.10. The maximum Gasteiger partial charge on any atom is 0.249 e. The van der Waals surface area contributed by atoms with Gasteiger partial charge in [-0.05, 0) is 85.5 Å². The van der Waals surface area contributed by atoms with Gasteiger partial charge in [0.05, 0.1) is 6.04 Å². The van der Waals surface area contributed by atoms with Crippen molar-refractivity contribution >= 4 is 28.7 Å². The van der Waals surface area contributed by atoms with Crippen LogP contribution < -0.4 is 27.8 Å². The van der Waals surface area contributed by atoms with Crippen LogP contribution >= 0.6 is 0 Å². The molecule has 13 nitrogen and oxygen atoms in total. The monoisotopic (exact) mass is 679 g/mol. The van der Waals surface area contributed by atoms with Crippen molar-refractivity contribution in [3.63, 3.8) is 0 Å². The van der Waals surface area contributed by atoms with Gasteiger partial charge in [0.2, 0.25) is 17.7 Å². The van der Waals surface area contributed by atoms with Gasteiger partial charge >= 0.3 is 0 Å². The molecule has 262 valence electrons. The van der Waals surface area contributed by atoms with Crippen molar-refractivity contribution in [1.29, 1.82) is 0 Å². The number of guanidine groups is 1. The number of aliphatic imine (C=N–C) groups is 1. The number of nitrogens with zero attached hydrogens (tertiary/aromatic N) is 3. The quantitative estimate of drug-likeness (QED) is 0.0461. The molecule has 0 aliphatic heterocycles. The number of fused-ring (bicyclic) bond motifs is 1. The molecule has 2 aromatic heterocycles. The lowest BCUT2D eigenvalue weighted by Gasteiger charge is -2.24. The number of nitrogens with one attached hydrogen (secondary N) is 3. The molecule has 2 amide bonds. The number of amides is 2. The standard InChI is InChI=1S/C37H45N9O4/c1-22-17-26(47)18-23(2)27(22)14-15-31(43-34(48)29(38)12-8-16-41-37(39)40)35(49)44-32(20-25-21-42-30-13-7-6-11-28(25)30)36-45-33(46-50-36)19-24-9-4-3-5-10-24/h3-7,9-11,13,17-18,21,29,31-32,42,47H,8,12,14-16,19-20,38H2,1-2H3,(H,43,48)(H,44,49)(H4,39,40,41)/t29-,31+,32+/m1/s1. The summed E-state index contributed by atoms with van der Waals surface area (Å²) in [7, 11) is 0. The molecule has 0 bridgehead atoms. The lowest BCUT2D eigenvalue weighted by atomic mass is 9.95. The summed E-state index contributed by atoms with van der Waals surface area (Å²) < 4.78 is 5.76. The summed E-state index contributed by atoms with van der Waals surface area (Å²) in [4.78, 5) is 39.5. The highest BCUT2D eigenvalue weighted by molar-refractivity contribution is 5.90. The second kappa shape index (κ2) is 16.6. The van der Waals surface area contributed by atoms with E-state index >= 15 is 0 Å². The van der Waals surface area contributed by atoms with Gasteiger partial charge in [-0.3, -0.25) is 14.6 Å². The Balaban J connectivity index is 1.39. The molecular weight excluding hydrogens is 634 g/mol. The Hall–Kier alpha value is -5.69. The number of aryl methyl sites for hydroxylation is 2. The average Bonchev–Trinajstić information content (AvgIpc) is 3.72. The molecule has 3 aromatic carbocycles. The van der Waals surface area contributed by atoms with E-state index in [-0.39, 0.29) is 24.0 Å². The van der Waals surface area contributed by atoms with E-state index in [0.29, 0.717) is 44.5 Å². The predicted octanol–water partition coefficient (Wildman–Crippen LogP) is 3.36. The first-order valence-corrected chi connectivity index (χ1v) is 16.7. The Bertz CT molecular complexity index is 1910. The Labute approximate surface area is 290 Å². The molecule has 5 aromatic rings. The van der Waals surface area contributed by atoms with Crippen LogP contribution in [0.4, 0.5) is 0 Å². The molecule has 13 heteroatoms. The number of hydrogen-bond donors (Lipinski definition) is 7. The van der Waals surface area contributed by atoms with Crippen molar-refractivity contribution in [2.45, 2.75) is 70.5 Å². The number of benzene rings is 3. The van der Waals surface area contributed by atoms with Crippen LogP contribution in [0.1, 0.15) is 64.8 Å². The number of aromatic nitrogens is 3. The van der Waals surface area contributed by atoms with Crippen LogP contribution in [-0.2, 0) is 28.9 Å². The van der Waals surface area contributed by atoms with E-state index in [2.05, 4.69) is 30.8 Å². The first-order valence-electron chi connectivity index (χ1n) is 16.7. The number of phenols is 1. The fourth-order valence-corrected chi connectivity index (χ4v) is 6.10. The maximum atomic E-state index is 14.2. The topological polar surface area (TPSA) is 224 Å². The van der Waals surface area contributed by atoms with Gasteiger partial charge in [-0.15, -0.1) is 0 Å². The summed E-state index contributed by atoms with van der Waals surface area (Å²) in [5.41, 5.74) is 22.7. The van der Waals surface area contributed by atoms with Crippen molar-refractivity contribution in [1.82, 2.24) is 25.8 Å². The molecule has 10 N–H and O–H groups in total. The van der Waals surface area contributed by atoms with Crippen LogP contribution in [-0.4, -0.2) is 56.6 Å². The average molecular weight is 680 g/mol. The minimum atomic E-state index is -0.948. The van der Waals surface area contributed by atoms with Crippen molar-refractivity contribution in [2.75, 3.05) is 6.54 Å². The summed E-state index contributed by atoms with van der Waals surface area (Å²) in [5, 5.41) is 21.3. The smallest absolute Gasteiger partial charge is 0.249 e. The predicted molar refractivity (Wildman–Crippen MR) is 192 cm³/mol. The van der Waals surface area contributed by atoms with Crippen LogP contribution in [0, 0.1) is 13.8 Å². The van der Waals surface area contributed by atoms with E-state index in [1.165, 1.54) is 0 Å². The molecular formula is C37H45N9O4. The molecule has 2 heterocycles. The zero-order chi connectivity index (χ0) is 35.6.